The second-order valence-corrected chi connectivity index (χ2v) is 5.10. The first-order chi connectivity index (χ1) is 12.2. The highest BCUT2D eigenvalue weighted by Gasteiger charge is 2.31. The highest BCUT2D eigenvalue weighted by Crippen LogP contribution is 2.26. The number of benzene rings is 2. The van der Waals surface area contributed by atoms with Crippen LogP contribution in [-0.4, -0.2) is 44.3 Å². The molecule has 0 unspecified atom stereocenters. The van der Waals surface area contributed by atoms with Gasteiger partial charge in [-0.1, -0.05) is 42.5 Å². The molecule has 2 aromatic rings. The fourth-order valence-corrected chi connectivity index (χ4v) is 2.42. The molecule has 2 aromatic carbocycles. The number of rotatable bonds is 6. The summed E-state index contributed by atoms with van der Waals surface area (Å²) >= 11 is 0. The minimum atomic E-state index is -1.85. The molecule has 0 saturated heterocycles. The lowest BCUT2D eigenvalue weighted by molar-refractivity contribution is 0.0619. The van der Waals surface area contributed by atoms with E-state index in [0.29, 0.717) is 5.56 Å². The molecular weight excluding hydrogens is 344 g/mol. The van der Waals surface area contributed by atoms with E-state index in [4.69, 9.17) is 0 Å². The number of hydrogen-bond acceptors (Lipinski definition) is 4. The van der Waals surface area contributed by atoms with Crippen molar-refractivity contribution in [1.29, 1.82) is 0 Å². The van der Waals surface area contributed by atoms with Crippen LogP contribution in [0.3, 0.4) is 0 Å². The highest BCUT2D eigenvalue weighted by molar-refractivity contribution is 6.15. The minimum absolute atomic E-state index is 0.235. The quantitative estimate of drug-likeness (QED) is 0.577. The summed E-state index contributed by atoms with van der Waals surface area (Å²) in [5, 5.41) is 37.2. The Hall–Kier alpha value is -3.94. The Morgan fingerprint density at radius 3 is 1.65 bits per heavy atom. The number of hydrogen-bond donors (Lipinski definition) is 4. The van der Waals surface area contributed by atoms with Crippen molar-refractivity contribution in [2.75, 3.05) is 0 Å². The largest absolute Gasteiger partial charge is 0.478 e. The smallest absolute Gasteiger partial charge is 0.337 e. The predicted molar refractivity (Wildman–Crippen MR) is 89.6 cm³/mol. The van der Waals surface area contributed by atoms with E-state index in [-0.39, 0.29) is 5.56 Å². The van der Waals surface area contributed by atoms with Gasteiger partial charge in [0.1, 0.15) is 0 Å². The first kappa shape index (κ1) is 18.4. The monoisotopic (exact) mass is 356 g/mol. The lowest BCUT2D eigenvalue weighted by Crippen LogP contribution is -2.20. The van der Waals surface area contributed by atoms with E-state index in [9.17, 15) is 39.6 Å². The zero-order valence-corrected chi connectivity index (χ0v) is 13.0. The molecular formula is C18H12O8. The standard InChI is InChI=1S/C18H12O8/c19-15(20)11-8-10(7-6-9-4-2-1-3-5-9)12(16(21)22)14(18(25)26)13(11)17(23)24/h1-8H,(H,19,20)(H,21,22)(H,23,24)(H,25,26)/b7-6+. The second-order valence-electron chi connectivity index (χ2n) is 5.10. The number of carbonyl (C=O) groups is 4. The van der Waals surface area contributed by atoms with Gasteiger partial charge >= 0.3 is 23.9 Å². The van der Waals surface area contributed by atoms with Gasteiger partial charge in [-0.2, -0.15) is 0 Å². The lowest BCUT2D eigenvalue weighted by Gasteiger charge is -2.12. The zero-order chi connectivity index (χ0) is 19.4. The fourth-order valence-electron chi connectivity index (χ4n) is 2.42. The summed E-state index contributed by atoms with van der Waals surface area (Å²) < 4.78 is 0. The number of carboxylic acids is 4. The molecule has 0 spiro atoms. The Kier molecular flexibility index (Phi) is 5.17. The van der Waals surface area contributed by atoms with Gasteiger partial charge in [0.25, 0.3) is 0 Å². The third-order valence-corrected chi connectivity index (χ3v) is 3.48. The van der Waals surface area contributed by atoms with E-state index in [2.05, 4.69) is 0 Å². The number of aromatic carboxylic acids is 4. The van der Waals surface area contributed by atoms with Crippen LogP contribution in [0.15, 0.2) is 36.4 Å². The Labute approximate surface area is 146 Å². The van der Waals surface area contributed by atoms with Crippen molar-refractivity contribution >= 4 is 36.0 Å². The van der Waals surface area contributed by atoms with Crippen LogP contribution in [0.1, 0.15) is 52.6 Å². The van der Waals surface area contributed by atoms with Crippen molar-refractivity contribution in [1.82, 2.24) is 0 Å². The van der Waals surface area contributed by atoms with Gasteiger partial charge in [-0.15, -0.1) is 0 Å². The van der Waals surface area contributed by atoms with Crippen LogP contribution in [0.5, 0.6) is 0 Å². The average Bonchev–Trinajstić information content (AvgIpc) is 2.58. The van der Waals surface area contributed by atoms with E-state index in [1.807, 2.05) is 0 Å². The second kappa shape index (κ2) is 7.31. The molecule has 0 saturated carbocycles. The van der Waals surface area contributed by atoms with Crippen LogP contribution < -0.4 is 0 Å². The Balaban J connectivity index is 2.85. The van der Waals surface area contributed by atoms with Gasteiger partial charge in [0, 0.05) is 0 Å². The molecule has 0 aliphatic rings. The first-order valence-corrected chi connectivity index (χ1v) is 7.11. The van der Waals surface area contributed by atoms with Crippen LogP contribution in [0.2, 0.25) is 0 Å². The van der Waals surface area contributed by atoms with Gasteiger partial charge in [0.15, 0.2) is 0 Å². The maximum Gasteiger partial charge on any atom is 0.337 e. The summed E-state index contributed by atoms with van der Waals surface area (Å²) in [5.74, 6) is -7.07. The summed E-state index contributed by atoms with van der Waals surface area (Å²) in [6, 6.07) is 9.42. The molecule has 0 aliphatic carbocycles. The molecule has 0 radical (unpaired) electrons. The molecule has 0 bridgehead atoms. The van der Waals surface area contributed by atoms with E-state index in [1.54, 1.807) is 30.3 Å². The molecule has 0 aromatic heterocycles. The van der Waals surface area contributed by atoms with E-state index >= 15 is 0 Å². The average molecular weight is 356 g/mol. The zero-order valence-electron chi connectivity index (χ0n) is 13.0. The normalized spacial score (nSPS) is 10.6. The molecule has 132 valence electrons. The van der Waals surface area contributed by atoms with Gasteiger partial charge in [-0.05, 0) is 17.2 Å². The molecule has 0 aliphatic heterocycles. The van der Waals surface area contributed by atoms with Crippen LogP contribution in [-0.2, 0) is 0 Å². The van der Waals surface area contributed by atoms with Crippen LogP contribution in [0.25, 0.3) is 12.2 Å². The minimum Gasteiger partial charge on any atom is -0.478 e. The van der Waals surface area contributed by atoms with Crippen LogP contribution in [0, 0.1) is 0 Å². The molecule has 0 fully saturated rings. The van der Waals surface area contributed by atoms with Gasteiger partial charge in [0.2, 0.25) is 0 Å². The third-order valence-electron chi connectivity index (χ3n) is 3.48. The Morgan fingerprint density at radius 1 is 0.654 bits per heavy atom. The van der Waals surface area contributed by atoms with Gasteiger partial charge in [-0.25, -0.2) is 19.2 Å². The molecule has 0 amide bonds. The van der Waals surface area contributed by atoms with Crippen molar-refractivity contribution in [2.24, 2.45) is 0 Å². The summed E-state index contributed by atoms with van der Waals surface area (Å²) in [6.45, 7) is 0. The Bertz CT molecular complexity index is 941. The summed E-state index contributed by atoms with van der Waals surface area (Å²) in [6.07, 6.45) is 2.68. The molecule has 26 heavy (non-hydrogen) atoms. The maximum atomic E-state index is 11.6. The van der Waals surface area contributed by atoms with E-state index < -0.39 is 46.1 Å². The topological polar surface area (TPSA) is 149 Å². The van der Waals surface area contributed by atoms with Crippen LogP contribution in [0.4, 0.5) is 0 Å². The number of carboxylic acid groups (broad SMARTS) is 4. The molecule has 0 atom stereocenters. The summed E-state index contributed by atoms with van der Waals surface area (Å²) in [4.78, 5) is 45.8. The van der Waals surface area contributed by atoms with Crippen molar-refractivity contribution in [2.45, 2.75) is 0 Å². The Morgan fingerprint density at radius 2 is 1.19 bits per heavy atom. The van der Waals surface area contributed by atoms with Gasteiger partial charge < -0.3 is 20.4 Å². The van der Waals surface area contributed by atoms with E-state index in [0.717, 1.165) is 6.07 Å². The van der Waals surface area contributed by atoms with Gasteiger partial charge in [-0.3, -0.25) is 0 Å². The highest BCUT2D eigenvalue weighted by atomic mass is 16.4. The summed E-state index contributed by atoms with van der Waals surface area (Å²) in [7, 11) is 0. The van der Waals surface area contributed by atoms with E-state index in [1.165, 1.54) is 12.2 Å². The molecule has 4 N–H and O–H groups in total. The van der Waals surface area contributed by atoms with Crippen molar-refractivity contribution in [3.8, 4) is 0 Å². The van der Waals surface area contributed by atoms with Crippen molar-refractivity contribution in [3.05, 3.63) is 69.8 Å². The first-order valence-electron chi connectivity index (χ1n) is 7.11. The fraction of sp³-hybridized carbons (Fsp3) is 0. The SMILES string of the molecule is O=C(O)c1cc(/C=C/c2ccccc2)c(C(=O)O)c(C(=O)O)c1C(=O)O. The lowest BCUT2D eigenvalue weighted by atomic mass is 9.90. The molecule has 0 heterocycles. The van der Waals surface area contributed by atoms with Crippen molar-refractivity contribution < 1.29 is 39.6 Å². The predicted octanol–water partition coefficient (Wildman–Crippen LogP) is 2.65. The maximum absolute atomic E-state index is 11.6. The van der Waals surface area contributed by atoms with Gasteiger partial charge in [0.05, 0.1) is 22.3 Å². The van der Waals surface area contributed by atoms with Crippen molar-refractivity contribution in [3.63, 3.8) is 0 Å². The third kappa shape index (κ3) is 3.59. The molecule has 8 heteroatoms. The van der Waals surface area contributed by atoms with Crippen LogP contribution >= 0.6 is 0 Å². The molecule has 2 rings (SSSR count). The summed E-state index contributed by atoms with van der Waals surface area (Å²) in [5.41, 5.74) is -3.36. The molecule has 8 nitrogen and oxygen atoms in total.